The molecule has 0 spiro atoms. The maximum Gasteiger partial charge on any atom is 0.257 e. The number of H-pyrrole nitrogens is 2. The molecule has 194 valence electrons. The molecule has 11 nitrogen and oxygen atoms in total. The molecule has 4 N–H and O–H groups in total. The lowest BCUT2D eigenvalue weighted by molar-refractivity contribution is 0.102. The molecule has 0 radical (unpaired) electrons. The molecular formula is C27H30N10O. The smallest absolute Gasteiger partial charge is 0.257 e. The predicted octanol–water partition coefficient (Wildman–Crippen LogP) is 4.11. The SMILES string of the molecule is CN1CCN(c2cc3nc(Nc4nccn4C4CCC4)[nH]c3cc2C(=O)Nc2ccc3cn[nH]c3c2)CC1. The fraction of sp³-hybridized carbons (Fsp3) is 0.333. The van der Waals surface area contributed by atoms with Crippen molar-refractivity contribution >= 4 is 51.1 Å². The number of hydrogen-bond acceptors (Lipinski definition) is 7. The topological polar surface area (TPSA) is 123 Å². The molecule has 0 bridgehead atoms. The van der Waals surface area contributed by atoms with Crippen molar-refractivity contribution in [2.24, 2.45) is 0 Å². The normalized spacial score (nSPS) is 16.7. The van der Waals surface area contributed by atoms with E-state index in [-0.39, 0.29) is 5.91 Å². The van der Waals surface area contributed by atoms with E-state index >= 15 is 0 Å². The number of carbonyl (C=O) groups excluding carboxylic acids is 1. The quantitative estimate of drug-likeness (QED) is 0.271. The van der Waals surface area contributed by atoms with E-state index < -0.39 is 0 Å². The first-order valence-corrected chi connectivity index (χ1v) is 13.1. The summed E-state index contributed by atoms with van der Waals surface area (Å²) in [5, 5.41) is 14.5. The molecule has 0 atom stereocenters. The van der Waals surface area contributed by atoms with Gasteiger partial charge in [0.2, 0.25) is 11.9 Å². The molecule has 1 aliphatic heterocycles. The van der Waals surface area contributed by atoms with Crippen molar-refractivity contribution in [3.63, 3.8) is 0 Å². The van der Waals surface area contributed by atoms with Gasteiger partial charge in [-0.2, -0.15) is 5.10 Å². The molecule has 2 aliphatic rings. The predicted molar refractivity (Wildman–Crippen MR) is 148 cm³/mol. The van der Waals surface area contributed by atoms with Crippen molar-refractivity contribution in [2.45, 2.75) is 25.3 Å². The summed E-state index contributed by atoms with van der Waals surface area (Å²) >= 11 is 0. The van der Waals surface area contributed by atoms with Crippen LogP contribution < -0.4 is 15.5 Å². The van der Waals surface area contributed by atoms with Crippen LogP contribution in [0.4, 0.5) is 23.3 Å². The third-order valence-electron chi connectivity index (χ3n) is 7.75. The summed E-state index contributed by atoms with van der Waals surface area (Å²) in [7, 11) is 2.12. The Bertz CT molecular complexity index is 1620. The Morgan fingerprint density at radius 1 is 1.08 bits per heavy atom. The number of imidazole rings is 2. The highest BCUT2D eigenvalue weighted by Gasteiger charge is 2.24. The summed E-state index contributed by atoms with van der Waals surface area (Å²) in [6.07, 6.45) is 9.20. The lowest BCUT2D eigenvalue weighted by Crippen LogP contribution is -2.45. The molecule has 2 fully saturated rings. The number of rotatable bonds is 6. The zero-order chi connectivity index (χ0) is 25.6. The van der Waals surface area contributed by atoms with Gasteiger partial charge < -0.3 is 24.7 Å². The zero-order valence-corrected chi connectivity index (χ0v) is 21.2. The third-order valence-corrected chi connectivity index (χ3v) is 7.75. The van der Waals surface area contributed by atoms with Gasteiger partial charge in [0, 0.05) is 55.7 Å². The summed E-state index contributed by atoms with van der Waals surface area (Å²) in [6, 6.07) is 10.2. The molecule has 11 heteroatoms. The monoisotopic (exact) mass is 510 g/mol. The first kappa shape index (κ1) is 22.8. The van der Waals surface area contributed by atoms with Crippen LogP contribution in [0.3, 0.4) is 0 Å². The first-order valence-electron chi connectivity index (χ1n) is 13.1. The van der Waals surface area contributed by atoms with E-state index in [1.165, 1.54) is 19.3 Å². The van der Waals surface area contributed by atoms with Crippen LogP contribution in [0.5, 0.6) is 0 Å². The number of fused-ring (bicyclic) bond motifs is 2. The molecular weight excluding hydrogens is 480 g/mol. The average Bonchev–Trinajstić information content (AvgIpc) is 3.62. The van der Waals surface area contributed by atoms with Gasteiger partial charge in [-0.1, -0.05) is 0 Å². The van der Waals surface area contributed by atoms with Gasteiger partial charge in [-0.25, -0.2) is 9.97 Å². The highest BCUT2D eigenvalue weighted by Crippen LogP contribution is 2.34. The molecule has 7 rings (SSSR count). The molecule has 1 saturated carbocycles. The number of aromatic nitrogens is 6. The largest absolute Gasteiger partial charge is 0.368 e. The van der Waals surface area contributed by atoms with Crippen molar-refractivity contribution in [1.29, 1.82) is 0 Å². The van der Waals surface area contributed by atoms with Gasteiger partial charge in [-0.05, 0) is 56.6 Å². The van der Waals surface area contributed by atoms with Crippen LogP contribution in [0.15, 0.2) is 48.9 Å². The fourth-order valence-corrected chi connectivity index (χ4v) is 5.28. The van der Waals surface area contributed by atoms with Gasteiger partial charge in [0.25, 0.3) is 5.91 Å². The molecule has 5 aromatic rings. The van der Waals surface area contributed by atoms with Gasteiger partial charge in [0.05, 0.1) is 34.0 Å². The maximum atomic E-state index is 13.6. The van der Waals surface area contributed by atoms with Gasteiger partial charge in [0.15, 0.2) is 0 Å². The van der Waals surface area contributed by atoms with Crippen molar-refractivity contribution < 1.29 is 4.79 Å². The Labute approximate surface area is 219 Å². The second-order valence-electron chi connectivity index (χ2n) is 10.3. The Balaban J connectivity index is 1.22. The number of anilines is 4. The molecule has 4 heterocycles. The van der Waals surface area contributed by atoms with Crippen molar-refractivity contribution in [3.05, 3.63) is 54.5 Å². The molecule has 0 unspecified atom stereocenters. The summed E-state index contributed by atoms with van der Waals surface area (Å²) in [6.45, 7) is 3.56. The van der Waals surface area contributed by atoms with E-state index in [0.717, 1.165) is 59.8 Å². The van der Waals surface area contributed by atoms with Crippen molar-refractivity contribution in [1.82, 2.24) is 34.6 Å². The Kier molecular flexibility index (Phi) is 5.50. The summed E-state index contributed by atoms with van der Waals surface area (Å²) in [4.78, 5) is 30.9. The standard InChI is InChI=1S/C27H30N10O/c1-35-9-11-36(12-10-35)24-15-23-22(31-26(32-23)33-27-28-7-8-37(27)19-3-2-4-19)14-20(24)25(38)30-18-6-5-17-16-29-34-21(17)13-18/h5-8,13-16,19H,2-4,9-12H2,1H3,(H,29,34)(H,30,38)(H2,28,31,32,33). The van der Waals surface area contributed by atoms with Crippen LogP contribution in [-0.2, 0) is 0 Å². The summed E-state index contributed by atoms with van der Waals surface area (Å²) in [5.41, 5.74) is 4.69. The van der Waals surface area contributed by atoms with E-state index in [0.29, 0.717) is 23.2 Å². The number of carbonyl (C=O) groups is 1. The van der Waals surface area contributed by atoms with E-state index in [1.54, 1.807) is 6.20 Å². The highest BCUT2D eigenvalue weighted by molar-refractivity contribution is 6.11. The van der Waals surface area contributed by atoms with Crippen LogP contribution in [0.2, 0.25) is 0 Å². The van der Waals surface area contributed by atoms with Crippen molar-refractivity contribution in [3.8, 4) is 0 Å². The zero-order valence-electron chi connectivity index (χ0n) is 21.2. The molecule has 3 aromatic heterocycles. The number of aromatic amines is 2. The van der Waals surface area contributed by atoms with Crippen LogP contribution in [0.25, 0.3) is 21.9 Å². The van der Waals surface area contributed by atoms with E-state index in [9.17, 15) is 4.79 Å². The fourth-order valence-electron chi connectivity index (χ4n) is 5.28. The average molecular weight is 511 g/mol. The second kappa shape index (κ2) is 9.18. The number of nitrogens with zero attached hydrogens (tertiary/aromatic N) is 6. The number of hydrogen-bond donors (Lipinski definition) is 4. The lowest BCUT2D eigenvalue weighted by Gasteiger charge is -2.35. The van der Waals surface area contributed by atoms with Crippen LogP contribution in [0.1, 0.15) is 35.7 Å². The molecule has 1 aliphatic carbocycles. The summed E-state index contributed by atoms with van der Waals surface area (Å²) in [5.74, 6) is 1.22. The molecule has 2 aromatic carbocycles. The summed E-state index contributed by atoms with van der Waals surface area (Å²) < 4.78 is 2.18. The van der Waals surface area contributed by atoms with Gasteiger partial charge in [-0.15, -0.1) is 0 Å². The minimum Gasteiger partial charge on any atom is -0.368 e. The molecule has 1 amide bonds. The Hall–Kier alpha value is -4.38. The third kappa shape index (κ3) is 4.14. The van der Waals surface area contributed by atoms with E-state index in [1.807, 2.05) is 42.7 Å². The lowest BCUT2D eigenvalue weighted by atomic mass is 9.93. The number of nitrogens with one attached hydrogen (secondary N) is 4. The van der Waals surface area contributed by atoms with Gasteiger partial charge in [0.1, 0.15) is 0 Å². The first-order chi connectivity index (χ1) is 18.6. The van der Waals surface area contributed by atoms with E-state index in [2.05, 4.69) is 52.2 Å². The number of amides is 1. The second-order valence-corrected chi connectivity index (χ2v) is 10.3. The maximum absolute atomic E-state index is 13.6. The van der Waals surface area contributed by atoms with Gasteiger partial charge in [-0.3, -0.25) is 15.2 Å². The van der Waals surface area contributed by atoms with Crippen molar-refractivity contribution in [2.75, 3.05) is 48.8 Å². The number of benzene rings is 2. The molecule has 1 saturated heterocycles. The Morgan fingerprint density at radius 3 is 2.76 bits per heavy atom. The van der Waals surface area contributed by atoms with Gasteiger partial charge >= 0.3 is 0 Å². The van der Waals surface area contributed by atoms with Crippen LogP contribution in [0, 0.1) is 0 Å². The van der Waals surface area contributed by atoms with E-state index in [4.69, 9.17) is 4.98 Å². The Morgan fingerprint density at radius 2 is 1.95 bits per heavy atom. The minimum atomic E-state index is -0.163. The van der Waals surface area contributed by atoms with Crippen LogP contribution >= 0.6 is 0 Å². The van der Waals surface area contributed by atoms with Crippen LogP contribution in [-0.4, -0.2) is 73.8 Å². The number of likely N-dealkylation sites (N-methyl/N-ethyl adjacent to an activating group) is 1. The minimum absolute atomic E-state index is 0.163. The number of piperazine rings is 1. The highest BCUT2D eigenvalue weighted by atomic mass is 16.1. The molecule has 38 heavy (non-hydrogen) atoms.